The van der Waals surface area contributed by atoms with E-state index in [1.807, 2.05) is 13.0 Å². The number of anilines is 2. The zero-order valence-electron chi connectivity index (χ0n) is 18.3. The maximum Gasteiger partial charge on any atom is 0.146 e. The SMILES string of the molecule is CCOc1ccc(F)c(N2CCC(Oc3ccc(N4CC[C@@H](C)C4)cc3)C(C)C2)c1. The number of halogens is 1. The fraction of sp³-hybridized carbons (Fsp3) is 0.520. The summed E-state index contributed by atoms with van der Waals surface area (Å²) < 4.78 is 26.3. The summed E-state index contributed by atoms with van der Waals surface area (Å²) in [6.07, 6.45) is 2.27. The number of ether oxygens (including phenoxy) is 2. The van der Waals surface area contributed by atoms with Crippen molar-refractivity contribution in [3.63, 3.8) is 0 Å². The fourth-order valence-corrected chi connectivity index (χ4v) is 4.59. The highest BCUT2D eigenvalue weighted by molar-refractivity contribution is 5.53. The Morgan fingerprint density at radius 3 is 2.33 bits per heavy atom. The van der Waals surface area contributed by atoms with Crippen molar-refractivity contribution in [2.45, 2.75) is 39.7 Å². The Morgan fingerprint density at radius 2 is 1.67 bits per heavy atom. The highest BCUT2D eigenvalue weighted by atomic mass is 19.1. The Balaban J connectivity index is 1.36. The molecule has 4 rings (SSSR count). The Bertz CT molecular complexity index is 842. The molecule has 0 aromatic heterocycles. The van der Waals surface area contributed by atoms with Crippen LogP contribution in [0, 0.1) is 17.7 Å². The molecule has 3 atom stereocenters. The van der Waals surface area contributed by atoms with Crippen LogP contribution in [0.4, 0.5) is 15.8 Å². The predicted molar refractivity (Wildman–Crippen MR) is 120 cm³/mol. The van der Waals surface area contributed by atoms with Crippen LogP contribution in [0.15, 0.2) is 42.5 Å². The molecule has 2 aliphatic rings. The molecule has 0 N–H and O–H groups in total. The van der Waals surface area contributed by atoms with Gasteiger partial charge in [0, 0.05) is 50.3 Å². The van der Waals surface area contributed by atoms with Crippen LogP contribution in [-0.2, 0) is 0 Å². The van der Waals surface area contributed by atoms with E-state index in [1.165, 1.54) is 18.2 Å². The molecule has 5 heteroatoms. The molecule has 0 bridgehead atoms. The molecule has 2 aliphatic heterocycles. The van der Waals surface area contributed by atoms with Gasteiger partial charge in [-0.3, -0.25) is 0 Å². The van der Waals surface area contributed by atoms with Gasteiger partial charge in [-0.1, -0.05) is 13.8 Å². The van der Waals surface area contributed by atoms with Crippen molar-refractivity contribution < 1.29 is 13.9 Å². The highest BCUT2D eigenvalue weighted by Gasteiger charge is 2.29. The summed E-state index contributed by atoms with van der Waals surface area (Å²) in [4.78, 5) is 4.56. The van der Waals surface area contributed by atoms with Gasteiger partial charge in [-0.2, -0.15) is 0 Å². The van der Waals surface area contributed by atoms with Crippen LogP contribution in [0.5, 0.6) is 11.5 Å². The fourth-order valence-electron chi connectivity index (χ4n) is 4.59. The third-order valence-electron chi connectivity index (χ3n) is 6.31. The molecular formula is C25H33FN2O2. The third kappa shape index (κ3) is 4.66. The number of piperidine rings is 1. The third-order valence-corrected chi connectivity index (χ3v) is 6.31. The van der Waals surface area contributed by atoms with E-state index in [-0.39, 0.29) is 11.9 Å². The Labute approximate surface area is 179 Å². The normalized spacial score (nSPS) is 24.2. The smallest absolute Gasteiger partial charge is 0.146 e. The van der Waals surface area contributed by atoms with Crippen LogP contribution in [-0.4, -0.2) is 38.9 Å². The van der Waals surface area contributed by atoms with Gasteiger partial charge < -0.3 is 19.3 Å². The van der Waals surface area contributed by atoms with Gasteiger partial charge in [0.25, 0.3) is 0 Å². The molecule has 2 aromatic rings. The van der Waals surface area contributed by atoms with Gasteiger partial charge >= 0.3 is 0 Å². The monoisotopic (exact) mass is 412 g/mol. The van der Waals surface area contributed by atoms with E-state index in [0.29, 0.717) is 24.0 Å². The van der Waals surface area contributed by atoms with Gasteiger partial charge in [0.05, 0.1) is 12.3 Å². The van der Waals surface area contributed by atoms with Gasteiger partial charge in [0.1, 0.15) is 23.4 Å². The number of benzene rings is 2. The van der Waals surface area contributed by atoms with Crippen molar-refractivity contribution in [2.75, 3.05) is 42.6 Å². The summed E-state index contributed by atoms with van der Waals surface area (Å²) in [7, 11) is 0. The van der Waals surface area contributed by atoms with Crippen molar-refractivity contribution in [1.82, 2.24) is 0 Å². The molecule has 2 fully saturated rings. The predicted octanol–water partition coefficient (Wildman–Crippen LogP) is 5.36. The first-order valence-corrected chi connectivity index (χ1v) is 11.2. The summed E-state index contributed by atoms with van der Waals surface area (Å²) in [5.41, 5.74) is 1.90. The largest absolute Gasteiger partial charge is 0.494 e. The summed E-state index contributed by atoms with van der Waals surface area (Å²) >= 11 is 0. The van der Waals surface area contributed by atoms with Crippen LogP contribution in [0.1, 0.15) is 33.6 Å². The van der Waals surface area contributed by atoms with E-state index in [4.69, 9.17) is 9.47 Å². The Kier molecular flexibility index (Phi) is 6.35. The van der Waals surface area contributed by atoms with E-state index < -0.39 is 0 Å². The first-order chi connectivity index (χ1) is 14.5. The Morgan fingerprint density at radius 1 is 0.933 bits per heavy atom. The van der Waals surface area contributed by atoms with Crippen LogP contribution in [0.25, 0.3) is 0 Å². The lowest BCUT2D eigenvalue weighted by Gasteiger charge is -2.38. The number of nitrogens with zero attached hydrogens (tertiary/aromatic N) is 2. The molecule has 2 heterocycles. The van der Waals surface area contributed by atoms with Gasteiger partial charge in [-0.15, -0.1) is 0 Å². The second-order valence-electron chi connectivity index (χ2n) is 8.75. The summed E-state index contributed by atoms with van der Waals surface area (Å²) in [5.74, 6) is 2.50. The molecular weight excluding hydrogens is 379 g/mol. The van der Waals surface area contributed by atoms with Crippen molar-refractivity contribution in [2.24, 2.45) is 11.8 Å². The van der Waals surface area contributed by atoms with E-state index in [0.717, 1.165) is 44.3 Å². The quantitative estimate of drug-likeness (QED) is 0.637. The van der Waals surface area contributed by atoms with Crippen molar-refractivity contribution in [1.29, 1.82) is 0 Å². The van der Waals surface area contributed by atoms with E-state index in [1.54, 1.807) is 6.07 Å². The molecule has 2 unspecified atom stereocenters. The summed E-state index contributed by atoms with van der Waals surface area (Å²) in [5, 5.41) is 0. The van der Waals surface area contributed by atoms with Crippen LogP contribution < -0.4 is 19.3 Å². The van der Waals surface area contributed by atoms with Gasteiger partial charge in [0.15, 0.2) is 0 Å². The molecule has 162 valence electrons. The molecule has 4 nitrogen and oxygen atoms in total. The average Bonchev–Trinajstić information content (AvgIpc) is 3.18. The Hall–Kier alpha value is -2.43. The first kappa shape index (κ1) is 20.8. The standard InChI is InChI=1S/C25H33FN2O2/c1-4-29-22-9-10-23(26)24(15-22)28-14-12-25(19(3)17-28)30-21-7-5-20(6-8-21)27-13-11-18(2)16-27/h5-10,15,18-19,25H,4,11-14,16-17H2,1-3H3/t18-,19?,25?/m1/s1. The number of rotatable bonds is 6. The van der Waals surface area contributed by atoms with Gasteiger partial charge in [-0.05, 0) is 55.7 Å². The van der Waals surface area contributed by atoms with Crippen LogP contribution >= 0.6 is 0 Å². The molecule has 0 radical (unpaired) electrons. The zero-order chi connectivity index (χ0) is 21.1. The highest BCUT2D eigenvalue weighted by Crippen LogP contribution is 2.32. The first-order valence-electron chi connectivity index (χ1n) is 11.2. The summed E-state index contributed by atoms with van der Waals surface area (Å²) in [6, 6.07) is 13.5. The molecule has 0 amide bonds. The minimum atomic E-state index is -0.197. The van der Waals surface area contributed by atoms with Crippen molar-refractivity contribution in [3.8, 4) is 11.5 Å². The van der Waals surface area contributed by atoms with Gasteiger partial charge in [-0.25, -0.2) is 4.39 Å². The van der Waals surface area contributed by atoms with E-state index in [2.05, 4.69) is 47.9 Å². The number of hydrogen-bond donors (Lipinski definition) is 0. The maximum atomic E-state index is 14.4. The second-order valence-corrected chi connectivity index (χ2v) is 8.75. The molecule has 2 saturated heterocycles. The zero-order valence-corrected chi connectivity index (χ0v) is 18.3. The molecule has 0 spiro atoms. The van der Waals surface area contributed by atoms with Crippen molar-refractivity contribution >= 4 is 11.4 Å². The summed E-state index contributed by atoms with van der Waals surface area (Å²) in [6.45, 7) is 10.8. The van der Waals surface area contributed by atoms with Crippen LogP contribution in [0.2, 0.25) is 0 Å². The molecule has 2 aromatic carbocycles. The minimum absolute atomic E-state index is 0.136. The lowest BCUT2D eigenvalue weighted by Crippen LogP contribution is -2.44. The molecule has 30 heavy (non-hydrogen) atoms. The van der Waals surface area contributed by atoms with Crippen LogP contribution in [0.3, 0.4) is 0 Å². The average molecular weight is 413 g/mol. The van der Waals surface area contributed by atoms with Gasteiger partial charge in [0.2, 0.25) is 0 Å². The maximum absolute atomic E-state index is 14.4. The van der Waals surface area contributed by atoms with E-state index >= 15 is 0 Å². The topological polar surface area (TPSA) is 24.9 Å². The second kappa shape index (κ2) is 9.15. The minimum Gasteiger partial charge on any atom is -0.494 e. The van der Waals surface area contributed by atoms with Crippen molar-refractivity contribution in [3.05, 3.63) is 48.3 Å². The van der Waals surface area contributed by atoms with E-state index in [9.17, 15) is 4.39 Å². The lowest BCUT2D eigenvalue weighted by molar-refractivity contribution is 0.121. The molecule has 0 aliphatic carbocycles. The lowest BCUT2D eigenvalue weighted by atomic mass is 9.95. The molecule has 0 saturated carbocycles. The number of hydrogen-bond acceptors (Lipinski definition) is 4.